The van der Waals surface area contributed by atoms with Crippen LogP contribution in [-0.4, -0.2) is 58.1 Å². The van der Waals surface area contributed by atoms with Crippen LogP contribution in [0.25, 0.3) is 12.2 Å². The van der Waals surface area contributed by atoms with Gasteiger partial charge in [-0.25, -0.2) is 0 Å². The fourth-order valence-electron chi connectivity index (χ4n) is 4.23. The summed E-state index contributed by atoms with van der Waals surface area (Å²) in [4.78, 5) is 39.0. The minimum Gasteiger partial charge on any atom is -0.351 e. The van der Waals surface area contributed by atoms with Crippen LogP contribution in [0.15, 0.2) is 44.1 Å². The molecule has 4 heterocycles. The number of nitrogens with zero attached hydrogens (tertiary/aromatic N) is 4. The highest BCUT2D eigenvalue weighted by atomic mass is 32.2. The molecule has 0 atom stereocenters. The smallest absolute Gasteiger partial charge is 0.286 e. The number of carbonyl (C=O) groups excluding carboxylic acids is 2. The topological polar surface area (TPSA) is 65.3 Å². The highest BCUT2D eigenvalue weighted by molar-refractivity contribution is 8.18. The van der Waals surface area contributed by atoms with Gasteiger partial charge in [0.05, 0.1) is 9.81 Å². The van der Waals surface area contributed by atoms with Crippen LogP contribution in [0, 0.1) is 0 Å². The number of rotatable bonds is 2. The summed E-state index contributed by atoms with van der Waals surface area (Å²) in [6.07, 6.45) is 11.0. The summed E-state index contributed by atoms with van der Waals surface area (Å²) in [5.41, 5.74) is 1.91. The lowest BCUT2D eigenvalue weighted by molar-refractivity contribution is -0.114. The molecule has 0 bridgehead atoms. The van der Waals surface area contributed by atoms with Gasteiger partial charge in [-0.15, -0.1) is 0 Å². The molecule has 8 heteroatoms. The summed E-state index contributed by atoms with van der Waals surface area (Å²) in [6, 6.07) is 7.90. The first-order valence-electron chi connectivity index (χ1n) is 11.3. The Morgan fingerprint density at radius 2 is 1.00 bits per heavy atom. The Morgan fingerprint density at radius 1 is 0.625 bits per heavy atom. The van der Waals surface area contributed by atoms with Gasteiger partial charge in [0, 0.05) is 26.2 Å². The Balaban J connectivity index is 1.23. The standard InChI is InChI=1S/C24H26N4O2S2/c29-21-19(31-23(25-21)27-11-3-1-4-12-27)15-17-7-9-18(10-8-17)16-20-22(30)26-24(32-20)28-13-5-2-6-14-28/h7-10,15-16H,1-6,11-14H2. The van der Waals surface area contributed by atoms with E-state index in [-0.39, 0.29) is 11.8 Å². The number of piperidine rings is 2. The van der Waals surface area contributed by atoms with E-state index in [0.29, 0.717) is 9.81 Å². The quantitative estimate of drug-likeness (QED) is 0.594. The average Bonchev–Trinajstić information content (AvgIpc) is 3.38. The highest BCUT2D eigenvalue weighted by Crippen LogP contribution is 2.33. The van der Waals surface area contributed by atoms with Crippen LogP contribution in [-0.2, 0) is 9.59 Å². The largest absolute Gasteiger partial charge is 0.351 e. The van der Waals surface area contributed by atoms with Gasteiger partial charge < -0.3 is 9.80 Å². The molecule has 2 amide bonds. The molecule has 0 saturated carbocycles. The van der Waals surface area contributed by atoms with Crippen molar-refractivity contribution in [2.45, 2.75) is 38.5 Å². The van der Waals surface area contributed by atoms with Crippen LogP contribution >= 0.6 is 23.5 Å². The van der Waals surface area contributed by atoms with Crippen molar-refractivity contribution >= 4 is 57.8 Å². The number of hydrogen-bond acceptors (Lipinski definition) is 6. The average molecular weight is 467 g/mol. The van der Waals surface area contributed by atoms with Gasteiger partial charge in [-0.05, 0) is 85.3 Å². The van der Waals surface area contributed by atoms with Gasteiger partial charge in [0.1, 0.15) is 0 Å². The van der Waals surface area contributed by atoms with E-state index in [0.717, 1.165) is 73.3 Å². The molecule has 0 unspecified atom stereocenters. The van der Waals surface area contributed by atoms with E-state index in [9.17, 15) is 9.59 Å². The number of likely N-dealkylation sites (tertiary alicyclic amines) is 2. The highest BCUT2D eigenvalue weighted by Gasteiger charge is 2.28. The third-order valence-electron chi connectivity index (χ3n) is 6.00. The van der Waals surface area contributed by atoms with Gasteiger partial charge in [0.25, 0.3) is 11.8 Å². The molecule has 5 rings (SSSR count). The summed E-state index contributed by atoms with van der Waals surface area (Å²) < 4.78 is 0. The molecule has 2 fully saturated rings. The lowest BCUT2D eigenvalue weighted by Crippen LogP contribution is -2.33. The molecule has 6 nitrogen and oxygen atoms in total. The number of amidine groups is 2. The summed E-state index contributed by atoms with van der Waals surface area (Å²) in [6.45, 7) is 3.93. The molecule has 4 aliphatic rings. The van der Waals surface area contributed by atoms with Crippen LogP contribution in [0.4, 0.5) is 0 Å². The van der Waals surface area contributed by atoms with Gasteiger partial charge in [0.2, 0.25) is 0 Å². The zero-order chi connectivity index (χ0) is 21.9. The van der Waals surface area contributed by atoms with E-state index in [1.54, 1.807) is 0 Å². The number of hydrogen-bond donors (Lipinski definition) is 0. The van der Waals surface area contributed by atoms with E-state index in [4.69, 9.17) is 0 Å². The number of thioether (sulfide) groups is 2. The molecular weight excluding hydrogens is 440 g/mol. The molecule has 4 aliphatic heterocycles. The SMILES string of the molecule is O=C1N=C(N2CCCCC2)SC1=Cc1ccc(C=C2SC(N3CCCCC3)=NC2=O)cc1. The first kappa shape index (κ1) is 21.5. The van der Waals surface area contributed by atoms with Crippen LogP contribution in [0.3, 0.4) is 0 Å². The second-order valence-electron chi connectivity index (χ2n) is 8.38. The van der Waals surface area contributed by atoms with Crippen LogP contribution in [0.5, 0.6) is 0 Å². The molecular formula is C24H26N4O2S2. The Hall–Kier alpha value is -2.32. The van der Waals surface area contributed by atoms with Gasteiger partial charge in [-0.2, -0.15) is 9.98 Å². The fraction of sp³-hybridized carbons (Fsp3) is 0.417. The predicted molar refractivity (Wildman–Crippen MR) is 133 cm³/mol. The van der Waals surface area contributed by atoms with Crippen molar-refractivity contribution in [2.75, 3.05) is 26.2 Å². The molecule has 1 aromatic rings. The third kappa shape index (κ3) is 4.86. The fourth-order valence-corrected chi connectivity index (χ4v) is 6.16. The van der Waals surface area contributed by atoms with Crippen molar-refractivity contribution in [3.63, 3.8) is 0 Å². The first-order chi connectivity index (χ1) is 15.7. The van der Waals surface area contributed by atoms with Crippen LogP contribution < -0.4 is 0 Å². The number of amides is 2. The Labute approximate surface area is 196 Å². The Kier molecular flexibility index (Phi) is 6.50. The van der Waals surface area contributed by atoms with Crippen LogP contribution in [0.1, 0.15) is 49.7 Å². The molecule has 0 aliphatic carbocycles. The van der Waals surface area contributed by atoms with Crippen molar-refractivity contribution in [3.05, 3.63) is 45.2 Å². The van der Waals surface area contributed by atoms with E-state index >= 15 is 0 Å². The summed E-state index contributed by atoms with van der Waals surface area (Å²) in [5.74, 6) is -0.311. The first-order valence-corrected chi connectivity index (χ1v) is 12.9. The molecule has 1 aromatic carbocycles. The van der Waals surface area contributed by atoms with Gasteiger partial charge in [-0.3, -0.25) is 9.59 Å². The molecule has 0 radical (unpaired) electrons. The third-order valence-corrected chi connectivity index (χ3v) is 8.09. The van der Waals surface area contributed by atoms with Crippen molar-refractivity contribution < 1.29 is 9.59 Å². The summed E-state index contributed by atoms with van der Waals surface area (Å²) in [5, 5.41) is 1.67. The van der Waals surface area contributed by atoms with Crippen molar-refractivity contribution in [3.8, 4) is 0 Å². The van der Waals surface area contributed by atoms with Crippen LogP contribution in [0.2, 0.25) is 0 Å². The maximum absolute atomic E-state index is 12.4. The second-order valence-corrected chi connectivity index (χ2v) is 10.4. The number of carbonyl (C=O) groups is 2. The minimum atomic E-state index is -0.155. The van der Waals surface area contributed by atoms with Gasteiger partial charge >= 0.3 is 0 Å². The zero-order valence-corrected chi connectivity index (χ0v) is 19.6. The second kappa shape index (κ2) is 9.67. The van der Waals surface area contributed by atoms with E-state index in [1.807, 2.05) is 36.4 Å². The minimum absolute atomic E-state index is 0.155. The monoisotopic (exact) mass is 466 g/mol. The molecule has 32 heavy (non-hydrogen) atoms. The molecule has 0 N–H and O–H groups in total. The molecule has 166 valence electrons. The molecule has 2 saturated heterocycles. The molecule has 0 spiro atoms. The zero-order valence-electron chi connectivity index (χ0n) is 18.0. The van der Waals surface area contributed by atoms with Crippen molar-refractivity contribution in [1.82, 2.24) is 9.80 Å². The lowest BCUT2D eigenvalue weighted by Gasteiger charge is -2.27. The maximum Gasteiger partial charge on any atom is 0.286 e. The van der Waals surface area contributed by atoms with Gasteiger partial charge in [-0.1, -0.05) is 24.3 Å². The Morgan fingerprint density at radius 3 is 1.38 bits per heavy atom. The summed E-state index contributed by atoms with van der Waals surface area (Å²) in [7, 11) is 0. The Bertz CT molecular complexity index is 948. The normalized spacial score (nSPS) is 24.5. The van der Waals surface area contributed by atoms with E-state index in [2.05, 4.69) is 19.8 Å². The van der Waals surface area contributed by atoms with Gasteiger partial charge in [0.15, 0.2) is 10.3 Å². The van der Waals surface area contributed by atoms with E-state index in [1.165, 1.54) is 36.4 Å². The molecule has 0 aromatic heterocycles. The lowest BCUT2D eigenvalue weighted by atomic mass is 10.1. The number of aliphatic imine (C=N–C) groups is 2. The van der Waals surface area contributed by atoms with E-state index < -0.39 is 0 Å². The number of benzene rings is 1. The van der Waals surface area contributed by atoms with Crippen molar-refractivity contribution in [1.29, 1.82) is 0 Å². The summed E-state index contributed by atoms with van der Waals surface area (Å²) >= 11 is 2.94. The maximum atomic E-state index is 12.4. The predicted octanol–water partition coefficient (Wildman–Crippen LogP) is 4.60. The van der Waals surface area contributed by atoms with Crippen molar-refractivity contribution in [2.24, 2.45) is 9.98 Å².